The zero-order chi connectivity index (χ0) is 26.0. The first kappa shape index (κ1) is 24.7. The molecule has 1 aliphatic heterocycles. The molecule has 0 aromatic heterocycles. The number of carbonyl (C=O) groups is 4. The number of imide groups is 1. The standard InChI is InChI=1S/C28H27N3O5/c1-5-36-21-13-11-20(12-14-21)31-26(34)22-15-8-18(16-23(22)27(31)35)24(32)29-19-9-6-17(7-10-19)25(33)30-28(2,3)4/h6-16H,5H2,1-4H3,(H,29,32)(H,30,33). The van der Waals surface area contributed by atoms with Crippen LogP contribution >= 0.6 is 0 Å². The number of carbonyl (C=O) groups excluding carboxylic acids is 4. The quantitative estimate of drug-likeness (QED) is 0.494. The molecule has 0 radical (unpaired) electrons. The van der Waals surface area contributed by atoms with Gasteiger partial charge in [0.2, 0.25) is 0 Å². The molecule has 1 aliphatic rings. The van der Waals surface area contributed by atoms with Gasteiger partial charge in [0.15, 0.2) is 0 Å². The van der Waals surface area contributed by atoms with Crippen LogP contribution in [-0.2, 0) is 0 Å². The van der Waals surface area contributed by atoms with E-state index in [1.54, 1.807) is 48.5 Å². The van der Waals surface area contributed by atoms with Crippen LogP contribution in [0.25, 0.3) is 0 Å². The van der Waals surface area contributed by atoms with E-state index < -0.39 is 17.7 Å². The first-order chi connectivity index (χ1) is 17.1. The Balaban J connectivity index is 1.49. The zero-order valence-electron chi connectivity index (χ0n) is 20.5. The third kappa shape index (κ3) is 5.12. The summed E-state index contributed by atoms with van der Waals surface area (Å²) in [7, 11) is 0. The van der Waals surface area contributed by atoms with Gasteiger partial charge in [-0.15, -0.1) is 0 Å². The number of nitrogens with zero attached hydrogens (tertiary/aromatic N) is 1. The maximum Gasteiger partial charge on any atom is 0.266 e. The van der Waals surface area contributed by atoms with Gasteiger partial charge in [-0.25, -0.2) is 4.90 Å². The van der Waals surface area contributed by atoms with Crippen molar-refractivity contribution in [1.82, 2.24) is 5.32 Å². The normalized spacial score (nSPS) is 12.8. The van der Waals surface area contributed by atoms with Crippen LogP contribution in [0.2, 0.25) is 0 Å². The number of ether oxygens (including phenoxy) is 1. The highest BCUT2D eigenvalue weighted by Crippen LogP contribution is 2.30. The summed E-state index contributed by atoms with van der Waals surface area (Å²) in [4.78, 5) is 52.2. The van der Waals surface area contributed by atoms with Crippen LogP contribution < -0.4 is 20.3 Å². The number of nitrogens with one attached hydrogen (secondary N) is 2. The minimum atomic E-state index is -0.497. The van der Waals surface area contributed by atoms with Gasteiger partial charge in [0.05, 0.1) is 23.4 Å². The fourth-order valence-electron chi connectivity index (χ4n) is 3.80. The molecular formula is C28H27N3O5. The molecule has 2 N–H and O–H groups in total. The minimum absolute atomic E-state index is 0.163. The van der Waals surface area contributed by atoms with E-state index in [-0.39, 0.29) is 28.1 Å². The Morgan fingerprint density at radius 1 is 0.806 bits per heavy atom. The van der Waals surface area contributed by atoms with Gasteiger partial charge in [-0.1, -0.05) is 0 Å². The monoisotopic (exact) mass is 485 g/mol. The van der Waals surface area contributed by atoms with E-state index in [2.05, 4.69) is 10.6 Å². The molecule has 0 fully saturated rings. The van der Waals surface area contributed by atoms with Crippen molar-refractivity contribution in [1.29, 1.82) is 0 Å². The van der Waals surface area contributed by atoms with Crippen LogP contribution in [0.3, 0.4) is 0 Å². The molecule has 0 saturated carbocycles. The number of fused-ring (bicyclic) bond motifs is 1. The Labute approximate surface area is 209 Å². The third-order valence-corrected chi connectivity index (χ3v) is 5.45. The van der Waals surface area contributed by atoms with Gasteiger partial charge < -0.3 is 15.4 Å². The molecule has 3 aromatic carbocycles. The fraction of sp³-hybridized carbons (Fsp3) is 0.214. The topological polar surface area (TPSA) is 105 Å². The van der Waals surface area contributed by atoms with Crippen LogP contribution in [0.1, 0.15) is 69.1 Å². The number of hydrogen-bond donors (Lipinski definition) is 2. The second kappa shape index (κ2) is 9.65. The van der Waals surface area contributed by atoms with Gasteiger partial charge in [-0.05, 0) is 94.4 Å². The van der Waals surface area contributed by atoms with E-state index in [1.807, 2.05) is 27.7 Å². The summed E-state index contributed by atoms with van der Waals surface area (Å²) in [5.74, 6) is -0.957. The predicted octanol–water partition coefficient (Wildman–Crippen LogP) is 4.67. The molecule has 4 rings (SSSR count). The van der Waals surface area contributed by atoms with Crippen molar-refractivity contribution in [2.75, 3.05) is 16.8 Å². The lowest BCUT2D eigenvalue weighted by molar-refractivity contribution is 0.0910. The van der Waals surface area contributed by atoms with Gasteiger partial charge in [0.1, 0.15) is 5.75 Å². The average Bonchev–Trinajstić information content (AvgIpc) is 3.08. The predicted molar refractivity (Wildman–Crippen MR) is 137 cm³/mol. The van der Waals surface area contributed by atoms with Crippen LogP contribution in [0.5, 0.6) is 5.75 Å². The second-order valence-electron chi connectivity index (χ2n) is 9.37. The molecule has 0 unspecified atom stereocenters. The SMILES string of the molecule is CCOc1ccc(N2C(=O)c3ccc(C(=O)Nc4ccc(C(=O)NC(C)(C)C)cc4)cc3C2=O)cc1. The van der Waals surface area contributed by atoms with Crippen molar-refractivity contribution in [3.05, 3.63) is 89.0 Å². The van der Waals surface area contributed by atoms with E-state index in [0.29, 0.717) is 29.3 Å². The van der Waals surface area contributed by atoms with E-state index in [0.717, 1.165) is 4.90 Å². The highest BCUT2D eigenvalue weighted by Gasteiger charge is 2.37. The van der Waals surface area contributed by atoms with E-state index in [4.69, 9.17) is 4.74 Å². The second-order valence-corrected chi connectivity index (χ2v) is 9.37. The summed E-state index contributed by atoms with van der Waals surface area (Å²) in [5.41, 5.74) is 1.66. The fourth-order valence-corrected chi connectivity index (χ4v) is 3.80. The minimum Gasteiger partial charge on any atom is -0.494 e. The molecule has 36 heavy (non-hydrogen) atoms. The van der Waals surface area contributed by atoms with E-state index in [9.17, 15) is 19.2 Å². The maximum absolute atomic E-state index is 13.1. The highest BCUT2D eigenvalue weighted by atomic mass is 16.5. The molecule has 4 amide bonds. The maximum atomic E-state index is 13.1. The molecule has 0 atom stereocenters. The number of benzene rings is 3. The Bertz CT molecular complexity index is 1340. The van der Waals surface area contributed by atoms with E-state index >= 15 is 0 Å². The summed E-state index contributed by atoms with van der Waals surface area (Å²) in [6, 6.07) is 17.6. The molecule has 8 heteroatoms. The Hall–Kier alpha value is -4.46. The lowest BCUT2D eigenvalue weighted by Gasteiger charge is -2.20. The largest absolute Gasteiger partial charge is 0.494 e. The van der Waals surface area contributed by atoms with Crippen molar-refractivity contribution in [2.24, 2.45) is 0 Å². The molecule has 0 bridgehead atoms. The molecular weight excluding hydrogens is 458 g/mol. The summed E-state index contributed by atoms with van der Waals surface area (Å²) >= 11 is 0. The van der Waals surface area contributed by atoms with Crippen molar-refractivity contribution in [2.45, 2.75) is 33.2 Å². The van der Waals surface area contributed by atoms with Gasteiger partial charge in [0.25, 0.3) is 23.6 Å². The van der Waals surface area contributed by atoms with Crippen molar-refractivity contribution < 1.29 is 23.9 Å². The smallest absolute Gasteiger partial charge is 0.266 e. The molecule has 3 aromatic rings. The highest BCUT2D eigenvalue weighted by molar-refractivity contribution is 6.34. The van der Waals surface area contributed by atoms with Gasteiger partial charge in [0, 0.05) is 22.4 Å². The summed E-state index contributed by atoms with van der Waals surface area (Å²) in [6.07, 6.45) is 0. The van der Waals surface area contributed by atoms with Crippen LogP contribution in [0.15, 0.2) is 66.7 Å². The number of hydrogen-bond acceptors (Lipinski definition) is 5. The lowest BCUT2D eigenvalue weighted by Crippen LogP contribution is -2.40. The molecule has 8 nitrogen and oxygen atoms in total. The number of anilines is 2. The molecule has 0 spiro atoms. The van der Waals surface area contributed by atoms with Gasteiger partial charge in [-0.2, -0.15) is 0 Å². The lowest BCUT2D eigenvalue weighted by atomic mass is 10.0. The molecule has 0 aliphatic carbocycles. The van der Waals surface area contributed by atoms with Crippen molar-refractivity contribution >= 4 is 35.0 Å². The van der Waals surface area contributed by atoms with E-state index in [1.165, 1.54) is 18.2 Å². The van der Waals surface area contributed by atoms with Crippen LogP contribution in [0.4, 0.5) is 11.4 Å². The number of rotatable bonds is 6. The van der Waals surface area contributed by atoms with Crippen molar-refractivity contribution in [3.63, 3.8) is 0 Å². The first-order valence-corrected chi connectivity index (χ1v) is 11.6. The summed E-state index contributed by atoms with van der Waals surface area (Å²) in [5, 5.41) is 5.64. The molecule has 1 heterocycles. The molecule has 184 valence electrons. The average molecular weight is 486 g/mol. The zero-order valence-corrected chi connectivity index (χ0v) is 20.5. The summed E-state index contributed by atoms with van der Waals surface area (Å²) in [6.45, 7) is 8.06. The Morgan fingerprint density at radius 2 is 1.42 bits per heavy atom. The first-order valence-electron chi connectivity index (χ1n) is 11.6. The van der Waals surface area contributed by atoms with Gasteiger partial charge >= 0.3 is 0 Å². The van der Waals surface area contributed by atoms with Crippen LogP contribution in [-0.4, -0.2) is 35.8 Å². The van der Waals surface area contributed by atoms with Crippen molar-refractivity contribution in [3.8, 4) is 5.75 Å². The Kier molecular flexibility index (Phi) is 6.61. The third-order valence-electron chi connectivity index (χ3n) is 5.45. The van der Waals surface area contributed by atoms with Gasteiger partial charge in [-0.3, -0.25) is 19.2 Å². The molecule has 0 saturated heterocycles. The van der Waals surface area contributed by atoms with Crippen LogP contribution in [0, 0.1) is 0 Å². The Morgan fingerprint density at radius 3 is 2.03 bits per heavy atom. The summed E-state index contributed by atoms with van der Waals surface area (Å²) < 4.78 is 5.41. The number of amides is 4.